The molecule has 1 heterocycles. The van der Waals surface area contributed by atoms with E-state index in [1.165, 1.54) is 30.0 Å². The number of hydrogen-bond donors (Lipinski definition) is 2. The average molecular weight is 380 g/mol. The number of carboxylic acid groups (broad SMARTS) is 1. The number of nitrogens with zero attached hydrogens (tertiary/aromatic N) is 1. The summed E-state index contributed by atoms with van der Waals surface area (Å²) in [5.74, 6) is -3.71. The Hall–Kier alpha value is -2.48. The third kappa shape index (κ3) is 5.50. The van der Waals surface area contributed by atoms with Crippen LogP contribution in [0.2, 0.25) is 0 Å². The Morgan fingerprint density at radius 1 is 1.44 bits per heavy atom. The number of nitrogens with one attached hydrogen (secondary N) is 1. The van der Waals surface area contributed by atoms with Crippen molar-refractivity contribution in [3.63, 3.8) is 0 Å². The molecule has 0 bridgehead atoms. The number of rotatable bonds is 9. The largest absolute Gasteiger partial charge is 0.481 e. The van der Waals surface area contributed by atoms with E-state index < -0.39 is 23.6 Å². The minimum Gasteiger partial charge on any atom is -0.481 e. The van der Waals surface area contributed by atoms with Crippen molar-refractivity contribution in [2.45, 2.75) is 32.6 Å². The lowest BCUT2D eigenvalue weighted by atomic mass is 9.89. The summed E-state index contributed by atoms with van der Waals surface area (Å²) < 4.78 is 18.8. The number of ether oxygens (including phenoxy) is 1. The van der Waals surface area contributed by atoms with Gasteiger partial charge in [-0.05, 0) is 31.0 Å². The molecule has 2 atom stereocenters. The molecule has 1 aliphatic heterocycles. The van der Waals surface area contributed by atoms with Crippen molar-refractivity contribution in [1.82, 2.24) is 4.90 Å². The first-order valence-electron chi connectivity index (χ1n) is 9.02. The minimum absolute atomic E-state index is 0.0366. The number of carbonyl (C=O) groups excluding carboxylic acids is 2. The highest BCUT2D eigenvalue weighted by molar-refractivity contribution is 6.01. The molecule has 2 N–H and O–H groups in total. The first-order valence-corrected chi connectivity index (χ1v) is 9.02. The summed E-state index contributed by atoms with van der Waals surface area (Å²) in [6.07, 6.45) is 0.502. The Morgan fingerprint density at radius 2 is 2.19 bits per heavy atom. The van der Waals surface area contributed by atoms with Gasteiger partial charge >= 0.3 is 5.97 Å². The van der Waals surface area contributed by atoms with Gasteiger partial charge in [0.15, 0.2) is 0 Å². The van der Waals surface area contributed by atoms with Crippen LogP contribution in [0.15, 0.2) is 18.2 Å². The van der Waals surface area contributed by atoms with Crippen LogP contribution in [0.4, 0.5) is 10.1 Å². The molecule has 7 nitrogen and oxygen atoms in total. The first-order chi connectivity index (χ1) is 12.8. The molecule has 27 heavy (non-hydrogen) atoms. The van der Waals surface area contributed by atoms with Gasteiger partial charge in [-0.2, -0.15) is 0 Å². The maximum Gasteiger partial charge on any atom is 0.308 e. The van der Waals surface area contributed by atoms with Crippen LogP contribution in [0.3, 0.4) is 0 Å². The first kappa shape index (κ1) is 20.8. The van der Waals surface area contributed by atoms with Crippen LogP contribution in [0.5, 0.6) is 0 Å². The summed E-state index contributed by atoms with van der Waals surface area (Å²) in [6.45, 7) is 4.77. The monoisotopic (exact) mass is 380 g/mol. The SMILES string of the molecule is CCOCCCN(CC(C)C(=O)O)C(=O)C1CC(=O)Nc2cc(F)ccc21. The van der Waals surface area contributed by atoms with Crippen LogP contribution in [0.25, 0.3) is 0 Å². The number of anilines is 1. The topological polar surface area (TPSA) is 95.9 Å². The van der Waals surface area contributed by atoms with Gasteiger partial charge in [0.1, 0.15) is 5.82 Å². The highest BCUT2D eigenvalue weighted by Gasteiger charge is 2.34. The van der Waals surface area contributed by atoms with Gasteiger partial charge in [-0.3, -0.25) is 14.4 Å². The fourth-order valence-corrected chi connectivity index (χ4v) is 3.08. The molecule has 1 aromatic carbocycles. The predicted octanol–water partition coefficient (Wildman–Crippen LogP) is 2.23. The van der Waals surface area contributed by atoms with Crippen LogP contribution in [0, 0.1) is 11.7 Å². The molecule has 0 radical (unpaired) electrons. The Bertz CT molecular complexity index is 709. The Morgan fingerprint density at radius 3 is 2.85 bits per heavy atom. The fraction of sp³-hybridized carbons (Fsp3) is 0.526. The Labute approximate surface area is 157 Å². The average Bonchev–Trinajstić information content (AvgIpc) is 2.62. The van der Waals surface area contributed by atoms with Gasteiger partial charge in [0.25, 0.3) is 0 Å². The molecule has 0 saturated heterocycles. The zero-order valence-electron chi connectivity index (χ0n) is 15.5. The molecule has 0 aliphatic carbocycles. The lowest BCUT2D eigenvalue weighted by molar-refractivity contribution is -0.144. The molecule has 0 saturated carbocycles. The van der Waals surface area contributed by atoms with Crippen molar-refractivity contribution in [3.8, 4) is 0 Å². The van der Waals surface area contributed by atoms with Crippen LogP contribution in [0.1, 0.15) is 38.2 Å². The van der Waals surface area contributed by atoms with E-state index in [9.17, 15) is 23.9 Å². The second-order valence-corrected chi connectivity index (χ2v) is 6.61. The molecule has 2 rings (SSSR count). The van der Waals surface area contributed by atoms with Crippen molar-refractivity contribution >= 4 is 23.5 Å². The number of benzene rings is 1. The van der Waals surface area contributed by atoms with Crippen LogP contribution < -0.4 is 5.32 Å². The lowest BCUT2D eigenvalue weighted by Crippen LogP contribution is -2.42. The maximum absolute atomic E-state index is 13.5. The van der Waals surface area contributed by atoms with E-state index in [4.69, 9.17) is 4.74 Å². The van der Waals surface area contributed by atoms with Crippen LogP contribution in [-0.4, -0.2) is 54.1 Å². The zero-order chi connectivity index (χ0) is 20.0. The second-order valence-electron chi connectivity index (χ2n) is 6.61. The minimum atomic E-state index is -0.999. The van der Waals surface area contributed by atoms with Crippen molar-refractivity contribution in [1.29, 1.82) is 0 Å². The molecule has 0 spiro atoms. The Balaban J connectivity index is 2.22. The Kier molecular flexibility index (Phi) is 7.29. The molecule has 8 heteroatoms. The van der Waals surface area contributed by atoms with Crippen LogP contribution in [-0.2, 0) is 19.1 Å². The van der Waals surface area contributed by atoms with E-state index in [1.54, 1.807) is 0 Å². The van der Waals surface area contributed by atoms with Crippen molar-refractivity contribution in [3.05, 3.63) is 29.6 Å². The van der Waals surface area contributed by atoms with E-state index in [-0.39, 0.29) is 30.5 Å². The lowest BCUT2D eigenvalue weighted by Gasteiger charge is -2.31. The molecule has 0 aromatic heterocycles. The van der Waals surface area contributed by atoms with Gasteiger partial charge in [0.05, 0.1) is 11.8 Å². The molecular formula is C19H25FN2O5. The van der Waals surface area contributed by atoms with Crippen molar-refractivity contribution in [2.24, 2.45) is 5.92 Å². The molecular weight excluding hydrogens is 355 g/mol. The van der Waals surface area contributed by atoms with E-state index in [0.29, 0.717) is 31.7 Å². The summed E-state index contributed by atoms with van der Waals surface area (Å²) >= 11 is 0. The van der Waals surface area contributed by atoms with Crippen molar-refractivity contribution in [2.75, 3.05) is 31.6 Å². The van der Waals surface area contributed by atoms with Crippen molar-refractivity contribution < 1.29 is 28.6 Å². The van der Waals surface area contributed by atoms with Gasteiger partial charge in [-0.15, -0.1) is 0 Å². The zero-order valence-corrected chi connectivity index (χ0v) is 15.5. The van der Waals surface area contributed by atoms with E-state index >= 15 is 0 Å². The van der Waals surface area contributed by atoms with Gasteiger partial charge < -0.3 is 20.1 Å². The smallest absolute Gasteiger partial charge is 0.308 e. The molecule has 1 aromatic rings. The predicted molar refractivity (Wildman–Crippen MR) is 96.9 cm³/mol. The number of amides is 2. The van der Waals surface area contributed by atoms with E-state index in [2.05, 4.69) is 5.32 Å². The van der Waals surface area contributed by atoms with Crippen LogP contribution >= 0.6 is 0 Å². The number of carbonyl (C=O) groups is 3. The number of halogens is 1. The van der Waals surface area contributed by atoms with Gasteiger partial charge in [0, 0.05) is 38.4 Å². The molecule has 2 amide bonds. The summed E-state index contributed by atoms with van der Waals surface area (Å²) in [5, 5.41) is 11.8. The van der Waals surface area contributed by atoms with Gasteiger partial charge in [-0.1, -0.05) is 13.0 Å². The molecule has 2 unspecified atom stereocenters. The number of fused-ring (bicyclic) bond motifs is 1. The van der Waals surface area contributed by atoms with Gasteiger partial charge in [-0.25, -0.2) is 4.39 Å². The van der Waals surface area contributed by atoms with E-state index in [0.717, 1.165) is 0 Å². The maximum atomic E-state index is 13.5. The summed E-state index contributed by atoms with van der Waals surface area (Å²) in [4.78, 5) is 37.8. The highest BCUT2D eigenvalue weighted by Crippen LogP contribution is 2.34. The quantitative estimate of drug-likeness (QED) is 0.641. The highest BCUT2D eigenvalue weighted by atomic mass is 19.1. The van der Waals surface area contributed by atoms with Gasteiger partial charge in [0.2, 0.25) is 11.8 Å². The third-order valence-electron chi connectivity index (χ3n) is 4.50. The van der Waals surface area contributed by atoms with E-state index in [1.807, 2.05) is 6.92 Å². The third-order valence-corrected chi connectivity index (χ3v) is 4.50. The molecule has 148 valence electrons. The molecule has 1 aliphatic rings. The molecule has 0 fully saturated rings. The second kappa shape index (κ2) is 9.45. The number of aliphatic carboxylic acids is 1. The summed E-state index contributed by atoms with van der Waals surface area (Å²) in [6, 6.07) is 3.92. The summed E-state index contributed by atoms with van der Waals surface area (Å²) in [5.41, 5.74) is 0.823. The number of hydrogen-bond acceptors (Lipinski definition) is 4. The normalized spacial score (nSPS) is 17.0. The fourth-order valence-electron chi connectivity index (χ4n) is 3.08. The summed E-state index contributed by atoms with van der Waals surface area (Å²) in [7, 11) is 0. The standard InChI is InChI=1S/C19H25FN2O5/c1-3-27-8-4-7-22(11-12(2)19(25)26)18(24)15-10-17(23)21-16-9-13(20)5-6-14(15)16/h5-6,9,12,15H,3-4,7-8,10-11H2,1-2H3,(H,21,23)(H,25,26). The number of carboxylic acids is 1.